The summed E-state index contributed by atoms with van der Waals surface area (Å²) in [6.45, 7) is 0. The molecule has 0 spiro atoms. The van der Waals surface area contributed by atoms with Crippen LogP contribution in [0.1, 0.15) is 6.42 Å². The maximum atomic E-state index is 11.8. The van der Waals surface area contributed by atoms with Gasteiger partial charge in [-0.25, -0.2) is 0 Å². The van der Waals surface area contributed by atoms with Crippen LogP contribution in [0.25, 0.3) is 0 Å². The number of hydrogen-bond acceptors (Lipinski definition) is 2. The summed E-state index contributed by atoms with van der Waals surface area (Å²) in [5.41, 5.74) is 0.384. The van der Waals surface area contributed by atoms with E-state index in [1.807, 2.05) is 0 Å². The zero-order valence-electron chi connectivity index (χ0n) is 8.55. The summed E-state index contributed by atoms with van der Waals surface area (Å²) in [6.07, 6.45) is -4.58. The first-order valence-corrected chi connectivity index (χ1v) is 5.16. The molecule has 7 heteroatoms. The van der Waals surface area contributed by atoms with Gasteiger partial charge in [-0.3, -0.25) is 4.79 Å². The van der Waals surface area contributed by atoms with Crippen LogP contribution < -0.4 is 10.1 Å². The summed E-state index contributed by atoms with van der Waals surface area (Å²) in [6, 6.07) is 4.86. The van der Waals surface area contributed by atoms with Gasteiger partial charge < -0.3 is 10.1 Å². The van der Waals surface area contributed by atoms with Crippen molar-refractivity contribution in [2.24, 2.45) is 0 Å². The molecule has 1 rings (SSSR count). The number of hydrogen-bond donors (Lipinski definition) is 1. The van der Waals surface area contributed by atoms with Gasteiger partial charge in [0, 0.05) is 18.0 Å². The lowest BCUT2D eigenvalue weighted by molar-refractivity contribution is -0.274. The van der Waals surface area contributed by atoms with Crippen molar-refractivity contribution in [2.45, 2.75) is 12.8 Å². The summed E-state index contributed by atoms with van der Waals surface area (Å²) >= 11 is 5.35. The second-order valence-corrected chi connectivity index (χ2v) is 3.44. The highest BCUT2D eigenvalue weighted by Crippen LogP contribution is 2.23. The molecule has 0 unspecified atom stereocenters. The average molecular weight is 268 g/mol. The normalized spacial score (nSPS) is 11.1. The highest BCUT2D eigenvalue weighted by atomic mass is 35.5. The predicted molar refractivity (Wildman–Crippen MR) is 57.1 cm³/mol. The van der Waals surface area contributed by atoms with Crippen LogP contribution in [-0.2, 0) is 4.79 Å². The van der Waals surface area contributed by atoms with E-state index in [1.54, 1.807) is 0 Å². The monoisotopic (exact) mass is 267 g/mol. The maximum absolute atomic E-state index is 11.8. The standard InChI is InChI=1S/C10H9ClF3NO2/c11-6-5-9(16)15-7-1-3-8(4-2-7)17-10(12,13)14/h1-4H,5-6H2,(H,15,16). The fourth-order valence-corrected chi connectivity index (χ4v) is 1.22. The third-order valence-electron chi connectivity index (χ3n) is 1.69. The number of halogens is 4. The molecule has 1 aromatic rings. The van der Waals surface area contributed by atoms with Gasteiger partial charge in [0.25, 0.3) is 0 Å². The Balaban J connectivity index is 2.59. The zero-order valence-corrected chi connectivity index (χ0v) is 9.31. The Morgan fingerprint density at radius 3 is 2.35 bits per heavy atom. The minimum absolute atomic E-state index is 0.141. The molecule has 1 N–H and O–H groups in total. The first-order valence-electron chi connectivity index (χ1n) is 4.62. The molecule has 17 heavy (non-hydrogen) atoms. The Kier molecular flexibility index (Phi) is 4.62. The average Bonchev–Trinajstić information content (AvgIpc) is 2.19. The Bertz CT molecular complexity index is 378. The fourth-order valence-electron chi connectivity index (χ4n) is 1.05. The van der Waals surface area contributed by atoms with E-state index in [2.05, 4.69) is 10.1 Å². The Morgan fingerprint density at radius 1 is 1.29 bits per heavy atom. The topological polar surface area (TPSA) is 38.3 Å². The van der Waals surface area contributed by atoms with Crippen LogP contribution in [0.2, 0.25) is 0 Å². The van der Waals surface area contributed by atoms with Crippen molar-refractivity contribution in [1.29, 1.82) is 0 Å². The van der Waals surface area contributed by atoms with Gasteiger partial charge in [0.2, 0.25) is 5.91 Å². The zero-order chi connectivity index (χ0) is 12.9. The van der Waals surface area contributed by atoms with Crippen LogP contribution in [0.4, 0.5) is 18.9 Å². The first-order chi connectivity index (χ1) is 7.90. The lowest BCUT2D eigenvalue weighted by atomic mass is 10.3. The van der Waals surface area contributed by atoms with Crippen LogP contribution in [0, 0.1) is 0 Å². The molecule has 1 amide bonds. The molecule has 0 atom stereocenters. The lowest BCUT2D eigenvalue weighted by Gasteiger charge is -2.09. The molecule has 0 heterocycles. The number of anilines is 1. The van der Waals surface area contributed by atoms with Crippen molar-refractivity contribution < 1.29 is 22.7 Å². The van der Waals surface area contributed by atoms with Crippen LogP contribution in [-0.4, -0.2) is 18.1 Å². The third kappa shape index (κ3) is 5.44. The van der Waals surface area contributed by atoms with Crippen molar-refractivity contribution in [3.05, 3.63) is 24.3 Å². The van der Waals surface area contributed by atoms with Crippen LogP contribution >= 0.6 is 11.6 Å². The number of amides is 1. The van der Waals surface area contributed by atoms with Crippen molar-refractivity contribution in [3.63, 3.8) is 0 Å². The smallest absolute Gasteiger partial charge is 0.406 e. The Labute approximate surface area is 101 Å². The molecule has 0 radical (unpaired) electrons. The molecule has 0 aliphatic carbocycles. The second kappa shape index (κ2) is 5.77. The molecule has 0 aliphatic heterocycles. The number of rotatable bonds is 4. The maximum Gasteiger partial charge on any atom is 0.573 e. The van der Waals surface area contributed by atoms with E-state index >= 15 is 0 Å². The third-order valence-corrected chi connectivity index (χ3v) is 1.88. The SMILES string of the molecule is O=C(CCCl)Nc1ccc(OC(F)(F)F)cc1. The predicted octanol–water partition coefficient (Wildman–Crippen LogP) is 3.15. The van der Waals surface area contributed by atoms with Gasteiger partial charge in [0.15, 0.2) is 0 Å². The fraction of sp³-hybridized carbons (Fsp3) is 0.300. The van der Waals surface area contributed by atoms with Crippen LogP contribution in [0.3, 0.4) is 0 Å². The van der Waals surface area contributed by atoms with Crippen molar-refractivity contribution >= 4 is 23.2 Å². The molecular formula is C10H9ClF3NO2. The van der Waals surface area contributed by atoms with Crippen molar-refractivity contribution in [1.82, 2.24) is 0 Å². The van der Waals surface area contributed by atoms with E-state index in [1.165, 1.54) is 12.1 Å². The van der Waals surface area contributed by atoms with Gasteiger partial charge in [-0.05, 0) is 24.3 Å². The summed E-state index contributed by atoms with van der Waals surface area (Å²) in [4.78, 5) is 11.1. The highest BCUT2D eigenvalue weighted by molar-refractivity contribution is 6.19. The number of nitrogens with one attached hydrogen (secondary N) is 1. The lowest BCUT2D eigenvalue weighted by Crippen LogP contribution is -2.17. The molecule has 0 saturated carbocycles. The van der Waals surface area contributed by atoms with Gasteiger partial charge in [-0.2, -0.15) is 0 Å². The number of ether oxygens (including phenoxy) is 1. The minimum Gasteiger partial charge on any atom is -0.406 e. The molecule has 94 valence electrons. The van der Waals surface area contributed by atoms with Crippen molar-refractivity contribution in [2.75, 3.05) is 11.2 Å². The Hall–Kier alpha value is -1.43. The summed E-state index contributed by atoms with van der Waals surface area (Å²) in [7, 11) is 0. The van der Waals surface area contributed by atoms with E-state index in [0.717, 1.165) is 12.1 Å². The summed E-state index contributed by atoms with van der Waals surface area (Å²) in [5.74, 6) is -0.460. The summed E-state index contributed by atoms with van der Waals surface area (Å²) in [5, 5.41) is 2.47. The van der Waals surface area contributed by atoms with Gasteiger partial charge >= 0.3 is 6.36 Å². The molecule has 0 aliphatic rings. The largest absolute Gasteiger partial charge is 0.573 e. The van der Waals surface area contributed by atoms with E-state index in [9.17, 15) is 18.0 Å². The van der Waals surface area contributed by atoms with E-state index in [0.29, 0.717) is 5.69 Å². The van der Waals surface area contributed by atoms with Gasteiger partial charge in [0.1, 0.15) is 5.75 Å². The van der Waals surface area contributed by atoms with Crippen LogP contribution in [0.5, 0.6) is 5.75 Å². The van der Waals surface area contributed by atoms with E-state index < -0.39 is 6.36 Å². The molecular weight excluding hydrogens is 259 g/mol. The van der Waals surface area contributed by atoms with E-state index in [-0.39, 0.29) is 24.0 Å². The number of carbonyl (C=O) groups excluding carboxylic acids is 1. The second-order valence-electron chi connectivity index (χ2n) is 3.06. The first kappa shape index (κ1) is 13.6. The number of benzene rings is 1. The minimum atomic E-state index is -4.72. The van der Waals surface area contributed by atoms with Gasteiger partial charge in [-0.1, -0.05) is 0 Å². The molecule has 0 fully saturated rings. The number of carbonyl (C=O) groups is 1. The molecule has 0 saturated heterocycles. The van der Waals surface area contributed by atoms with Gasteiger partial charge in [-0.15, -0.1) is 24.8 Å². The Morgan fingerprint density at radius 2 is 1.88 bits per heavy atom. The molecule has 1 aromatic carbocycles. The highest BCUT2D eigenvalue weighted by Gasteiger charge is 2.30. The van der Waals surface area contributed by atoms with Crippen molar-refractivity contribution in [3.8, 4) is 5.75 Å². The van der Waals surface area contributed by atoms with E-state index in [4.69, 9.17) is 11.6 Å². The molecule has 0 bridgehead atoms. The van der Waals surface area contributed by atoms with Gasteiger partial charge in [0.05, 0.1) is 0 Å². The quantitative estimate of drug-likeness (QED) is 0.851. The molecule has 3 nitrogen and oxygen atoms in total. The van der Waals surface area contributed by atoms with Crippen LogP contribution in [0.15, 0.2) is 24.3 Å². The number of alkyl halides is 4. The molecule has 0 aromatic heterocycles. The summed E-state index contributed by atoms with van der Waals surface area (Å²) < 4.78 is 39.2.